The number of amides is 2. The molecule has 0 unspecified atom stereocenters. The maximum absolute atomic E-state index is 14.6. The molecule has 0 radical (unpaired) electrons. The lowest BCUT2D eigenvalue weighted by molar-refractivity contribution is 0.0357. The van der Waals surface area contributed by atoms with Crippen molar-refractivity contribution in [3.8, 4) is 17.6 Å². The quantitative estimate of drug-likeness (QED) is 0.245. The van der Waals surface area contributed by atoms with Gasteiger partial charge in [-0.25, -0.2) is 14.2 Å². The third-order valence-electron chi connectivity index (χ3n) is 6.46. The van der Waals surface area contributed by atoms with Gasteiger partial charge in [0, 0.05) is 54.6 Å². The van der Waals surface area contributed by atoms with E-state index in [4.69, 9.17) is 14.0 Å². The average molecular weight is 561 g/mol. The largest absolute Gasteiger partial charge is 0.489 e. The number of carbonyl (C=O) groups excluding carboxylic acids is 1. The van der Waals surface area contributed by atoms with E-state index in [1.807, 2.05) is 20.8 Å². The zero-order valence-corrected chi connectivity index (χ0v) is 23.4. The van der Waals surface area contributed by atoms with Crippen LogP contribution in [0, 0.1) is 17.7 Å². The van der Waals surface area contributed by atoms with Crippen molar-refractivity contribution < 1.29 is 23.2 Å². The number of urea groups is 1. The predicted molar refractivity (Wildman–Crippen MR) is 153 cm³/mol. The number of rotatable bonds is 7. The van der Waals surface area contributed by atoms with Gasteiger partial charge in [0.2, 0.25) is 0 Å². The second kappa shape index (κ2) is 12.4. The van der Waals surface area contributed by atoms with Gasteiger partial charge in [0.15, 0.2) is 17.4 Å². The van der Waals surface area contributed by atoms with E-state index >= 15 is 0 Å². The monoisotopic (exact) mass is 560 g/mol. The summed E-state index contributed by atoms with van der Waals surface area (Å²) in [5, 5.41) is 9.29. The van der Waals surface area contributed by atoms with Crippen molar-refractivity contribution in [1.29, 1.82) is 0 Å². The molecule has 1 saturated heterocycles. The van der Waals surface area contributed by atoms with E-state index < -0.39 is 11.8 Å². The fourth-order valence-corrected chi connectivity index (χ4v) is 4.19. The number of benzene rings is 1. The summed E-state index contributed by atoms with van der Waals surface area (Å²) in [5.74, 6) is 6.79. The molecule has 0 aliphatic carbocycles. The number of pyridine rings is 1. The van der Waals surface area contributed by atoms with Crippen molar-refractivity contribution in [1.82, 2.24) is 19.4 Å². The number of carbonyl (C=O) groups is 1. The Morgan fingerprint density at radius 3 is 2.61 bits per heavy atom. The predicted octanol–water partition coefficient (Wildman–Crippen LogP) is 4.90. The van der Waals surface area contributed by atoms with Gasteiger partial charge >= 0.3 is 6.03 Å². The number of aromatic nitrogens is 3. The molecule has 0 atom stereocenters. The van der Waals surface area contributed by atoms with Crippen LogP contribution in [0.1, 0.15) is 44.2 Å². The molecule has 1 aliphatic rings. The lowest BCUT2D eigenvalue weighted by atomic mass is 9.93. The molecule has 11 heteroatoms. The normalized spacial score (nSPS) is 14.0. The van der Waals surface area contributed by atoms with Gasteiger partial charge in [-0.15, -0.1) is 0 Å². The first-order chi connectivity index (χ1) is 19.7. The molecule has 4 aromatic rings. The van der Waals surface area contributed by atoms with Crippen LogP contribution in [0.5, 0.6) is 5.75 Å². The van der Waals surface area contributed by atoms with Crippen LogP contribution in [-0.2, 0) is 10.2 Å². The molecule has 214 valence electrons. The summed E-state index contributed by atoms with van der Waals surface area (Å²) in [7, 11) is 0. The Morgan fingerprint density at radius 1 is 1.10 bits per heavy atom. The Balaban J connectivity index is 1.14. The molecule has 0 spiro atoms. The third-order valence-corrected chi connectivity index (χ3v) is 6.46. The van der Waals surface area contributed by atoms with Crippen molar-refractivity contribution in [2.75, 3.05) is 50.1 Å². The summed E-state index contributed by atoms with van der Waals surface area (Å²) in [6.07, 6.45) is 4.13. The molecule has 41 heavy (non-hydrogen) atoms. The van der Waals surface area contributed by atoms with E-state index in [1.54, 1.807) is 47.1 Å². The molecule has 1 aliphatic heterocycles. The highest BCUT2D eigenvalue weighted by Crippen LogP contribution is 2.24. The molecule has 5 rings (SSSR count). The van der Waals surface area contributed by atoms with Gasteiger partial charge in [-0.3, -0.25) is 10.2 Å². The maximum atomic E-state index is 14.6. The zero-order chi connectivity index (χ0) is 28.8. The summed E-state index contributed by atoms with van der Waals surface area (Å²) < 4.78 is 32.6. The molecule has 0 saturated carbocycles. The average Bonchev–Trinajstić information content (AvgIpc) is 3.58. The third kappa shape index (κ3) is 7.63. The zero-order valence-electron chi connectivity index (χ0n) is 23.4. The van der Waals surface area contributed by atoms with E-state index in [9.17, 15) is 9.18 Å². The van der Waals surface area contributed by atoms with Crippen molar-refractivity contribution in [3.63, 3.8) is 0 Å². The van der Waals surface area contributed by atoms with Crippen molar-refractivity contribution in [2.45, 2.75) is 32.6 Å². The fourth-order valence-electron chi connectivity index (χ4n) is 4.19. The second-order valence-electron chi connectivity index (χ2n) is 10.8. The Kier molecular flexibility index (Phi) is 8.52. The highest BCUT2D eigenvalue weighted by molar-refractivity contribution is 5.99. The maximum Gasteiger partial charge on any atom is 0.324 e. The minimum Gasteiger partial charge on any atom is -0.489 e. The van der Waals surface area contributed by atoms with Crippen LogP contribution in [0.15, 0.2) is 53.3 Å². The molecule has 10 nitrogen and oxygen atoms in total. The van der Waals surface area contributed by atoms with E-state index in [1.165, 1.54) is 6.07 Å². The van der Waals surface area contributed by atoms with Crippen molar-refractivity contribution >= 4 is 23.2 Å². The van der Waals surface area contributed by atoms with Crippen LogP contribution in [0.3, 0.4) is 0 Å². The number of hydrogen-bond acceptors (Lipinski definition) is 7. The topological polar surface area (TPSA) is 106 Å². The van der Waals surface area contributed by atoms with Crippen molar-refractivity contribution in [2.24, 2.45) is 0 Å². The smallest absolute Gasteiger partial charge is 0.324 e. The Hall–Kier alpha value is -4.40. The number of nitrogens with zero attached hydrogens (tertiary/aromatic N) is 4. The summed E-state index contributed by atoms with van der Waals surface area (Å²) in [4.78, 5) is 19.0. The highest BCUT2D eigenvalue weighted by Gasteiger charge is 2.20. The summed E-state index contributed by atoms with van der Waals surface area (Å²) in [6.45, 7) is 10.7. The molecule has 1 fully saturated rings. The number of hydrogen-bond donors (Lipinski definition) is 2. The number of nitrogens with one attached hydrogen (secondary N) is 2. The van der Waals surface area contributed by atoms with Crippen LogP contribution >= 0.6 is 0 Å². The number of fused-ring (bicyclic) bond motifs is 1. The van der Waals surface area contributed by atoms with Gasteiger partial charge < -0.3 is 23.7 Å². The molecule has 1 aromatic carbocycles. The minimum atomic E-state index is -0.459. The second-order valence-corrected chi connectivity index (χ2v) is 10.8. The Morgan fingerprint density at radius 2 is 1.88 bits per heavy atom. The van der Waals surface area contributed by atoms with Gasteiger partial charge in [0.25, 0.3) is 0 Å². The van der Waals surface area contributed by atoms with E-state index in [2.05, 4.69) is 37.5 Å². The Bertz CT molecular complexity index is 1560. The number of imidazole rings is 1. The van der Waals surface area contributed by atoms with E-state index in [0.29, 0.717) is 35.2 Å². The summed E-state index contributed by atoms with van der Waals surface area (Å²) >= 11 is 0. The highest BCUT2D eigenvalue weighted by atomic mass is 19.1. The van der Waals surface area contributed by atoms with Gasteiger partial charge in [0.05, 0.1) is 26.0 Å². The fraction of sp³-hybridized carbons (Fsp3) is 0.367. The van der Waals surface area contributed by atoms with Gasteiger partial charge in [-0.2, -0.15) is 0 Å². The first-order valence-corrected chi connectivity index (χ1v) is 13.5. The van der Waals surface area contributed by atoms with Crippen LogP contribution in [-0.4, -0.2) is 64.9 Å². The number of anilines is 2. The van der Waals surface area contributed by atoms with Crippen LogP contribution < -0.4 is 15.4 Å². The first kappa shape index (κ1) is 28.1. The van der Waals surface area contributed by atoms with Gasteiger partial charge in [-0.1, -0.05) is 31.8 Å². The number of morpholine rings is 1. The number of halogens is 1. The van der Waals surface area contributed by atoms with Crippen LogP contribution in [0.25, 0.3) is 5.65 Å². The van der Waals surface area contributed by atoms with E-state index in [0.717, 1.165) is 44.8 Å². The number of ether oxygens (including phenoxy) is 2. The van der Waals surface area contributed by atoms with Crippen LogP contribution in [0.4, 0.5) is 20.7 Å². The molecular weight excluding hydrogens is 527 g/mol. The molecule has 2 N–H and O–H groups in total. The molecular formula is C30H33FN6O4. The minimum absolute atomic E-state index is 0.182. The van der Waals surface area contributed by atoms with E-state index in [-0.39, 0.29) is 11.2 Å². The molecule has 4 heterocycles. The standard InChI is InChI=1S/C30H33FN6O4/c1-30(2,3)26-18-27(35-41-26)34-29(38)33-22-8-5-21(6-9-22)7-10-23-19-37-20-25(24(31)17-28(37)32-23)40-14-4-11-36-12-15-39-16-13-36/h5-6,8-9,17-20H,4,11-16H2,1-3H3,(H2,33,34,35,38). The van der Waals surface area contributed by atoms with Gasteiger partial charge in [-0.05, 0) is 36.6 Å². The Labute approximate surface area is 237 Å². The van der Waals surface area contributed by atoms with Gasteiger partial charge in [0.1, 0.15) is 17.1 Å². The van der Waals surface area contributed by atoms with Crippen LogP contribution in [0.2, 0.25) is 0 Å². The molecule has 3 aromatic heterocycles. The SMILES string of the molecule is CC(C)(C)c1cc(NC(=O)Nc2ccc(C#Cc3cn4cc(OCCCN5CCOCC5)c(F)cc4n3)cc2)no1. The summed E-state index contributed by atoms with van der Waals surface area (Å²) in [6, 6.07) is 9.67. The lowest BCUT2D eigenvalue weighted by Crippen LogP contribution is -2.37. The van der Waals surface area contributed by atoms with Crippen molar-refractivity contribution in [3.05, 3.63) is 71.6 Å². The lowest BCUT2D eigenvalue weighted by Gasteiger charge is -2.26. The molecule has 0 bridgehead atoms. The molecule has 2 amide bonds. The first-order valence-electron chi connectivity index (χ1n) is 13.5. The summed E-state index contributed by atoms with van der Waals surface area (Å²) in [5.41, 5.74) is 2.06.